The smallest absolute Gasteiger partial charge is 0.337 e. The molecule has 9 heteroatoms. The number of pyridine rings is 1. The first-order chi connectivity index (χ1) is 17.1. The minimum atomic E-state index is -0.426. The van der Waals surface area contributed by atoms with Gasteiger partial charge in [-0.3, -0.25) is 14.7 Å². The lowest BCUT2D eigenvalue weighted by Crippen LogP contribution is -2.38. The van der Waals surface area contributed by atoms with Crippen molar-refractivity contribution in [1.29, 1.82) is 0 Å². The first kappa shape index (κ1) is 22.0. The van der Waals surface area contributed by atoms with Gasteiger partial charge in [0, 0.05) is 23.6 Å². The molecule has 3 heterocycles. The van der Waals surface area contributed by atoms with Crippen LogP contribution in [0.5, 0.6) is 5.75 Å². The summed E-state index contributed by atoms with van der Waals surface area (Å²) in [6.07, 6.45) is 3.34. The molecule has 9 nitrogen and oxygen atoms in total. The molecule has 2 aromatic carbocycles. The second-order valence-corrected chi connectivity index (χ2v) is 7.74. The molecule has 35 heavy (non-hydrogen) atoms. The van der Waals surface area contributed by atoms with Gasteiger partial charge in [0.1, 0.15) is 5.75 Å². The van der Waals surface area contributed by atoms with Crippen LogP contribution in [0.1, 0.15) is 16.1 Å². The van der Waals surface area contributed by atoms with E-state index in [4.69, 9.17) is 9.47 Å². The van der Waals surface area contributed by atoms with Crippen molar-refractivity contribution in [3.05, 3.63) is 90.4 Å². The minimum Gasteiger partial charge on any atom is -0.482 e. The third-order valence-corrected chi connectivity index (χ3v) is 5.44. The predicted molar refractivity (Wildman–Crippen MR) is 129 cm³/mol. The Morgan fingerprint density at radius 3 is 2.80 bits per heavy atom. The molecule has 2 aromatic heterocycles. The predicted octanol–water partition coefficient (Wildman–Crippen LogP) is 3.99. The molecule has 0 saturated heterocycles. The largest absolute Gasteiger partial charge is 0.482 e. The maximum absolute atomic E-state index is 12.7. The molecule has 0 radical (unpaired) electrons. The molecule has 5 rings (SSSR count). The maximum atomic E-state index is 12.7. The molecule has 0 fully saturated rings. The second kappa shape index (κ2) is 9.60. The van der Waals surface area contributed by atoms with E-state index in [1.54, 1.807) is 47.6 Å². The third kappa shape index (κ3) is 4.79. The van der Waals surface area contributed by atoms with Crippen LogP contribution in [0.4, 0.5) is 17.3 Å². The van der Waals surface area contributed by atoms with E-state index in [-0.39, 0.29) is 12.5 Å². The Morgan fingerprint density at radius 2 is 1.97 bits per heavy atom. The van der Waals surface area contributed by atoms with Gasteiger partial charge in [0.25, 0.3) is 5.91 Å². The number of benzene rings is 2. The van der Waals surface area contributed by atoms with Crippen LogP contribution < -0.4 is 15.0 Å². The summed E-state index contributed by atoms with van der Waals surface area (Å²) in [5, 5.41) is 3.12. The number of esters is 1. The number of nitrogens with zero attached hydrogens (tertiary/aromatic N) is 4. The van der Waals surface area contributed by atoms with Crippen molar-refractivity contribution < 1.29 is 19.1 Å². The summed E-state index contributed by atoms with van der Waals surface area (Å²) in [6.45, 7) is 0.317. The molecule has 1 aliphatic heterocycles. The first-order valence-electron chi connectivity index (χ1n) is 10.9. The highest BCUT2D eigenvalue weighted by Gasteiger charge is 2.26. The first-order valence-corrected chi connectivity index (χ1v) is 10.9. The fourth-order valence-corrected chi connectivity index (χ4v) is 3.74. The minimum absolute atomic E-state index is 0.0224. The molecule has 0 bridgehead atoms. The summed E-state index contributed by atoms with van der Waals surface area (Å²) in [6, 6.07) is 19.9. The van der Waals surface area contributed by atoms with Gasteiger partial charge >= 0.3 is 5.97 Å². The van der Waals surface area contributed by atoms with Gasteiger partial charge in [-0.2, -0.15) is 0 Å². The summed E-state index contributed by atoms with van der Waals surface area (Å²) in [4.78, 5) is 39.4. The van der Waals surface area contributed by atoms with E-state index in [1.165, 1.54) is 7.11 Å². The van der Waals surface area contributed by atoms with Crippen LogP contribution in [0.2, 0.25) is 0 Å². The Bertz CT molecular complexity index is 1390. The van der Waals surface area contributed by atoms with Crippen molar-refractivity contribution in [2.24, 2.45) is 0 Å². The lowest BCUT2D eigenvalue weighted by Gasteiger charge is -2.29. The van der Waals surface area contributed by atoms with Crippen molar-refractivity contribution in [1.82, 2.24) is 15.0 Å². The van der Waals surface area contributed by atoms with Gasteiger partial charge in [-0.05, 0) is 54.6 Å². The number of amides is 1. The van der Waals surface area contributed by atoms with Gasteiger partial charge < -0.3 is 14.8 Å². The Balaban J connectivity index is 1.43. The summed E-state index contributed by atoms with van der Waals surface area (Å²) in [7, 11) is 1.34. The molecule has 174 valence electrons. The Morgan fingerprint density at radius 1 is 1.06 bits per heavy atom. The molecule has 0 atom stereocenters. The van der Waals surface area contributed by atoms with Gasteiger partial charge in [-0.25, -0.2) is 14.8 Å². The number of nitrogens with one attached hydrogen (secondary N) is 1. The summed E-state index contributed by atoms with van der Waals surface area (Å²) >= 11 is 0. The van der Waals surface area contributed by atoms with E-state index in [0.29, 0.717) is 40.9 Å². The lowest BCUT2D eigenvalue weighted by atomic mass is 10.1. The number of methoxy groups -OCH3 is 1. The molecule has 0 aliphatic carbocycles. The molecule has 4 aromatic rings. The number of carbonyl (C=O) groups excluding carboxylic acids is 2. The van der Waals surface area contributed by atoms with Crippen molar-refractivity contribution in [2.45, 2.75) is 6.54 Å². The Hall–Kier alpha value is -4.79. The van der Waals surface area contributed by atoms with E-state index in [0.717, 1.165) is 11.3 Å². The molecular weight excluding hydrogens is 446 g/mol. The highest BCUT2D eigenvalue weighted by molar-refractivity contribution is 5.98. The van der Waals surface area contributed by atoms with Crippen LogP contribution in [-0.4, -0.2) is 40.5 Å². The molecule has 0 spiro atoms. The van der Waals surface area contributed by atoms with E-state index >= 15 is 0 Å². The monoisotopic (exact) mass is 467 g/mol. The number of hydrogen-bond acceptors (Lipinski definition) is 8. The summed E-state index contributed by atoms with van der Waals surface area (Å²) in [5.74, 6) is 0.413. The molecule has 1 aliphatic rings. The van der Waals surface area contributed by atoms with Gasteiger partial charge in [-0.1, -0.05) is 12.1 Å². The number of rotatable bonds is 6. The number of fused-ring (bicyclic) bond motifs is 1. The SMILES string of the molecule is COC(=O)c1cccc(Nc2nccc(-c3ccc4c(c3)N(Cc3ccccn3)C(=O)CO4)n2)c1. The quantitative estimate of drug-likeness (QED) is 0.424. The van der Waals surface area contributed by atoms with E-state index in [2.05, 4.69) is 20.3 Å². The lowest BCUT2D eigenvalue weighted by molar-refractivity contribution is -0.121. The third-order valence-electron chi connectivity index (χ3n) is 5.44. The van der Waals surface area contributed by atoms with Crippen LogP contribution in [-0.2, 0) is 16.1 Å². The van der Waals surface area contributed by atoms with Crippen LogP contribution >= 0.6 is 0 Å². The highest BCUT2D eigenvalue weighted by Crippen LogP contribution is 2.36. The summed E-state index contributed by atoms with van der Waals surface area (Å²) in [5.41, 5.74) is 3.95. The van der Waals surface area contributed by atoms with Crippen molar-refractivity contribution in [2.75, 3.05) is 23.9 Å². The van der Waals surface area contributed by atoms with Gasteiger partial charge in [0.15, 0.2) is 6.61 Å². The number of anilines is 3. The number of aromatic nitrogens is 3. The second-order valence-electron chi connectivity index (χ2n) is 7.74. The van der Waals surface area contributed by atoms with Crippen molar-refractivity contribution in [3.8, 4) is 17.0 Å². The molecule has 1 N–H and O–H groups in total. The van der Waals surface area contributed by atoms with Crippen LogP contribution in [0.3, 0.4) is 0 Å². The van der Waals surface area contributed by atoms with Crippen molar-refractivity contribution in [3.63, 3.8) is 0 Å². The van der Waals surface area contributed by atoms with Crippen molar-refractivity contribution >= 4 is 29.2 Å². The van der Waals surface area contributed by atoms with E-state index in [9.17, 15) is 9.59 Å². The average molecular weight is 467 g/mol. The van der Waals surface area contributed by atoms with Crippen LogP contribution in [0.25, 0.3) is 11.3 Å². The molecule has 0 saturated carbocycles. The highest BCUT2D eigenvalue weighted by atomic mass is 16.5. The van der Waals surface area contributed by atoms with Crippen LogP contribution in [0.15, 0.2) is 79.1 Å². The Kier molecular flexibility index (Phi) is 6.04. The zero-order chi connectivity index (χ0) is 24.2. The molecule has 1 amide bonds. The average Bonchev–Trinajstić information content (AvgIpc) is 2.90. The zero-order valence-electron chi connectivity index (χ0n) is 18.8. The van der Waals surface area contributed by atoms with E-state index < -0.39 is 5.97 Å². The zero-order valence-corrected chi connectivity index (χ0v) is 18.8. The molecule has 0 unspecified atom stereocenters. The molecular formula is C26H21N5O4. The summed E-state index contributed by atoms with van der Waals surface area (Å²) < 4.78 is 10.4. The number of ether oxygens (including phenoxy) is 2. The number of carbonyl (C=O) groups is 2. The number of hydrogen-bond donors (Lipinski definition) is 1. The fraction of sp³-hybridized carbons (Fsp3) is 0.115. The normalized spacial score (nSPS) is 12.5. The standard InChI is InChI=1S/C26H21N5O4/c1-34-25(33)18-5-4-7-19(13-18)29-26-28-12-10-21(30-26)17-8-9-23-22(14-17)31(24(32)16-35-23)15-20-6-2-3-11-27-20/h2-14H,15-16H2,1H3,(H,28,29,30). The fourth-order valence-electron chi connectivity index (χ4n) is 3.74. The maximum Gasteiger partial charge on any atom is 0.337 e. The van der Waals surface area contributed by atoms with Gasteiger partial charge in [0.2, 0.25) is 5.95 Å². The van der Waals surface area contributed by atoms with E-state index in [1.807, 2.05) is 36.4 Å². The van der Waals surface area contributed by atoms with Gasteiger partial charge in [-0.15, -0.1) is 0 Å². The van der Waals surface area contributed by atoms with Gasteiger partial charge in [0.05, 0.1) is 36.3 Å². The topological polar surface area (TPSA) is 107 Å². The van der Waals surface area contributed by atoms with Crippen LogP contribution in [0, 0.1) is 0 Å². The Labute approximate surface area is 201 Å².